The summed E-state index contributed by atoms with van der Waals surface area (Å²) in [5, 5.41) is 2.08. The number of nitrogens with zero attached hydrogens (tertiary/aromatic N) is 1. The zero-order chi connectivity index (χ0) is 16.6. The lowest BCUT2D eigenvalue weighted by atomic mass is 9.71. The number of ether oxygens (including phenoxy) is 1. The molecule has 2 fully saturated rings. The molecule has 1 atom stereocenters. The Morgan fingerprint density at radius 2 is 1.77 bits per heavy atom. The van der Waals surface area contributed by atoms with Crippen molar-refractivity contribution in [3.05, 3.63) is 0 Å². The Bertz CT molecular complexity index is 399. The Hall–Kier alpha value is -0.450. The van der Waals surface area contributed by atoms with Crippen molar-refractivity contribution in [3.63, 3.8) is 0 Å². The van der Waals surface area contributed by atoms with Gasteiger partial charge in [0.05, 0.1) is 12.7 Å². The number of carbonyl (C=O) groups excluding carboxylic acids is 1. The number of hydroxylamine groups is 2. The van der Waals surface area contributed by atoms with Gasteiger partial charge < -0.3 is 4.74 Å². The van der Waals surface area contributed by atoms with Crippen molar-refractivity contribution >= 4 is 5.78 Å². The van der Waals surface area contributed by atoms with Gasteiger partial charge in [-0.25, -0.2) is 0 Å². The Morgan fingerprint density at radius 3 is 2.27 bits per heavy atom. The van der Waals surface area contributed by atoms with E-state index in [4.69, 9.17) is 9.57 Å². The van der Waals surface area contributed by atoms with Gasteiger partial charge in [-0.2, -0.15) is 5.06 Å². The molecular formula is C18H33NO3. The van der Waals surface area contributed by atoms with E-state index in [1.807, 2.05) is 6.92 Å². The first-order valence-electron chi connectivity index (χ1n) is 8.81. The average molecular weight is 311 g/mol. The van der Waals surface area contributed by atoms with Crippen LogP contribution in [0.5, 0.6) is 0 Å². The van der Waals surface area contributed by atoms with Crippen LogP contribution in [0.4, 0.5) is 0 Å². The van der Waals surface area contributed by atoms with Crippen molar-refractivity contribution in [2.75, 3.05) is 6.61 Å². The Balaban J connectivity index is 2.21. The Labute approximate surface area is 135 Å². The smallest absolute Gasteiger partial charge is 0.167 e. The number of ketones is 1. The van der Waals surface area contributed by atoms with E-state index in [1.54, 1.807) is 0 Å². The Morgan fingerprint density at radius 1 is 1.18 bits per heavy atom. The molecular weight excluding hydrogens is 278 g/mol. The van der Waals surface area contributed by atoms with E-state index < -0.39 is 5.60 Å². The maximum Gasteiger partial charge on any atom is 0.167 e. The molecule has 22 heavy (non-hydrogen) atoms. The van der Waals surface area contributed by atoms with Crippen LogP contribution < -0.4 is 0 Å². The summed E-state index contributed by atoms with van der Waals surface area (Å²) in [5.74, 6) is 0.297. The molecule has 2 aliphatic heterocycles. The van der Waals surface area contributed by atoms with E-state index >= 15 is 0 Å². The van der Waals surface area contributed by atoms with Gasteiger partial charge in [-0.1, -0.05) is 19.8 Å². The maximum absolute atomic E-state index is 12.8. The topological polar surface area (TPSA) is 38.8 Å². The molecule has 4 heteroatoms. The quantitative estimate of drug-likeness (QED) is 0.772. The molecule has 0 radical (unpaired) electrons. The van der Waals surface area contributed by atoms with Crippen LogP contribution >= 0.6 is 0 Å². The van der Waals surface area contributed by atoms with Gasteiger partial charge in [0.15, 0.2) is 5.78 Å². The molecule has 4 nitrogen and oxygen atoms in total. The van der Waals surface area contributed by atoms with E-state index in [0.29, 0.717) is 31.7 Å². The molecule has 2 aliphatic rings. The van der Waals surface area contributed by atoms with Crippen LogP contribution in [0.15, 0.2) is 0 Å². The molecule has 0 aromatic heterocycles. The second-order valence-electron chi connectivity index (χ2n) is 8.19. The molecule has 0 aliphatic carbocycles. The summed E-state index contributed by atoms with van der Waals surface area (Å²) in [6.45, 7) is 13.5. The minimum Gasteiger partial charge on any atom is -0.363 e. The normalized spacial score (nSPS) is 30.1. The second kappa shape index (κ2) is 6.21. The third kappa shape index (κ3) is 3.24. The number of piperidine rings is 1. The number of unbranched alkanes of at least 4 members (excludes halogenated alkanes) is 1. The molecule has 0 bridgehead atoms. The van der Waals surface area contributed by atoms with Crippen LogP contribution in [0.2, 0.25) is 0 Å². The Kier molecular flexibility index (Phi) is 5.06. The third-order valence-corrected chi connectivity index (χ3v) is 4.99. The first-order valence-corrected chi connectivity index (χ1v) is 8.81. The van der Waals surface area contributed by atoms with E-state index in [1.165, 1.54) is 0 Å². The monoisotopic (exact) mass is 311 g/mol. The molecule has 0 aromatic rings. The van der Waals surface area contributed by atoms with Gasteiger partial charge in [-0.15, -0.1) is 0 Å². The van der Waals surface area contributed by atoms with Gasteiger partial charge in [-0.3, -0.25) is 9.63 Å². The van der Waals surface area contributed by atoms with Gasteiger partial charge in [-0.05, 0) is 41.0 Å². The highest BCUT2D eigenvalue weighted by Gasteiger charge is 2.60. The van der Waals surface area contributed by atoms with E-state index in [0.717, 1.165) is 19.3 Å². The fraction of sp³-hybridized carbons (Fsp3) is 0.944. The van der Waals surface area contributed by atoms with E-state index in [9.17, 15) is 4.79 Å². The maximum atomic E-state index is 12.8. The van der Waals surface area contributed by atoms with Crippen molar-refractivity contribution in [2.24, 2.45) is 0 Å². The van der Waals surface area contributed by atoms with Gasteiger partial charge >= 0.3 is 0 Å². The minimum atomic E-state index is -0.612. The highest BCUT2D eigenvalue weighted by molar-refractivity contribution is 5.90. The summed E-state index contributed by atoms with van der Waals surface area (Å²) >= 11 is 0. The number of rotatable bonds is 5. The highest BCUT2D eigenvalue weighted by Crippen LogP contribution is 2.49. The van der Waals surface area contributed by atoms with Gasteiger partial charge in [0.1, 0.15) is 5.60 Å². The molecule has 0 N–H and O–H groups in total. The van der Waals surface area contributed by atoms with E-state index in [2.05, 4.69) is 39.7 Å². The number of hydrogen-bond acceptors (Lipinski definition) is 4. The van der Waals surface area contributed by atoms with Crippen LogP contribution in [0.25, 0.3) is 0 Å². The van der Waals surface area contributed by atoms with Crippen molar-refractivity contribution < 1.29 is 14.4 Å². The number of hydrogen-bond donors (Lipinski definition) is 0. The summed E-state index contributed by atoms with van der Waals surface area (Å²) in [4.78, 5) is 18.7. The molecule has 2 rings (SSSR count). The van der Waals surface area contributed by atoms with E-state index in [-0.39, 0.29) is 17.2 Å². The van der Waals surface area contributed by atoms with Crippen molar-refractivity contribution in [3.8, 4) is 0 Å². The summed E-state index contributed by atoms with van der Waals surface area (Å²) in [5.41, 5.74) is -1.04. The lowest BCUT2D eigenvalue weighted by molar-refractivity contribution is -0.302. The third-order valence-electron chi connectivity index (χ3n) is 4.99. The summed E-state index contributed by atoms with van der Waals surface area (Å²) in [6.07, 6.45) is 5.40. The summed E-state index contributed by atoms with van der Waals surface area (Å²) < 4.78 is 6.37. The lowest BCUT2D eigenvalue weighted by Gasteiger charge is -2.56. The van der Waals surface area contributed by atoms with Crippen LogP contribution in [0.1, 0.15) is 80.1 Å². The second-order valence-corrected chi connectivity index (χ2v) is 8.19. The first kappa shape index (κ1) is 17.9. The number of Topliss-reactive ketones (excluding diaryl/α,β-unsaturated/α-hetero) is 1. The molecule has 128 valence electrons. The van der Waals surface area contributed by atoms with Gasteiger partial charge in [0, 0.05) is 30.3 Å². The number of carbonyl (C=O) groups is 1. The zero-order valence-corrected chi connectivity index (χ0v) is 15.2. The fourth-order valence-corrected chi connectivity index (χ4v) is 4.59. The molecule has 0 amide bonds. The fourth-order valence-electron chi connectivity index (χ4n) is 4.59. The zero-order valence-electron chi connectivity index (χ0n) is 15.2. The predicted molar refractivity (Wildman–Crippen MR) is 87.6 cm³/mol. The largest absolute Gasteiger partial charge is 0.363 e. The SMILES string of the molecule is CCCCC1CC(=O)C2(CC(C)(C)N(OCC)C(C)(C)C2)O1. The van der Waals surface area contributed by atoms with Crippen molar-refractivity contribution in [1.29, 1.82) is 0 Å². The van der Waals surface area contributed by atoms with Crippen LogP contribution in [-0.4, -0.2) is 40.2 Å². The van der Waals surface area contributed by atoms with Gasteiger partial charge in [0.25, 0.3) is 0 Å². The molecule has 2 heterocycles. The molecule has 1 spiro atoms. The molecule has 2 saturated heterocycles. The summed E-state index contributed by atoms with van der Waals surface area (Å²) in [6, 6.07) is 0. The molecule has 1 unspecified atom stereocenters. The minimum absolute atomic E-state index is 0.109. The van der Waals surface area contributed by atoms with Crippen molar-refractivity contribution in [1.82, 2.24) is 5.06 Å². The summed E-state index contributed by atoms with van der Waals surface area (Å²) in [7, 11) is 0. The lowest BCUT2D eigenvalue weighted by Crippen LogP contribution is -2.66. The highest BCUT2D eigenvalue weighted by atomic mass is 16.7. The van der Waals surface area contributed by atoms with Crippen molar-refractivity contribution in [2.45, 2.75) is 103 Å². The van der Waals surface area contributed by atoms with Crippen LogP contribution in [-0.2, 0) is 14.4 Å². The molecule has 0 aromatic carbocycles. The molecule has 0 saturated carbocycles. The first-order chi connectivity index (χ1) is 10.2. The standard InChI is InChI=1S/C18H33NO3/c1-7-9-10-14-11-15(20)18(22-14)12-16(3,4)19(21-8-2)17(5,6)13-18/h14H,7-13H2,1-6H3. The van der Waals surface area contributed by atoms with Crippen LogP contribution in [0.3, 0.4) is 0 Å². The average Bonchev–Trinajstić information content (AvgIpc) is 2.66. The van der Waals surface area contributed by atoms with Crippen LogP contribution in [0, 0.1) is 0 Å². The van der Waals surface area contributed by atoms with Gasteiger partial charge in [0.2, 0.25) is 0 Å². The predicted octanol–water partition coefficient (Wildman–Crippen LogP) is 3.88.